The maximum absolute atomic E-state index is 12.5. The molecule has 4 rings (SSSR count). The standard InChI is InChI=1S/C21H24N4O3S2/c26-20(22-10-9-16-13-23-19-6-2-1-5-18(16)19)15-29-21-8-7-17(14-24-21)30(27,28)25-11-3-4-12-25/h1-2,5-8,13-14,23H,3-4,9-12,15H2,(H,22,26). The Balaban J connectivity index is 1.25. The lowest BCUT2D eigenvalue weighted by Gasteiger charge is -2.15. The van der Waals surface area contributed by atoms with Gasteiger partial charge in [0.25, 0.3) is 0 Å². The van der Waals surface area contributed by atoms with Crippen LogP contribution in [0.5, 0.6) is 0 Å². The summed E-state index contributed by atoms with van der Waals surface area (Å²) in [5, 5.41) is 4.73. The van der Waals surface area contributed by atoms with E-state index in [0.717, 1.165) is 24.8 Å². The molecule has 1 fully saturated rings. The number of pyridine rings is 1. The zero-order valence-electron chi connectivity index (χ0n) is 16.5. The number of fused-ring (bicyclic) bond motifs is 1. The zero-order chi connectivity index (χ0) is 21.0. The van der Waals surface area contributed by atoms with Crippen molar-refractivity contribution in [1.82, 2.24) is 19.6 Å². The molecule has 0 unspecified atom stereocenters. The van der Waals surface area contributed by atoms with Crippen LogP contribution >= 0.6 is 11.8 Å². The predicted octanol–water partition coefficient (Wildman–Crippen LogP) is 2.80. The van der Waals surface area contributed by atoms with Gasteiger partial charge in [-0.3, -0.25) is 4.79 Å². The van der Waals surface area contributed by atoms with Crippen LogP contribution in [0.25, 0.3) is 10.9 Å². The van der Waals surface area contributed by atoms with Crippen molar-refractivity contribution in [3.05, 3.63) is 54.4 Å². The predicted molar refractivity (Wildman–Crippen MR) is 118 cm³/mol. The van der Waals surface area contributed by atoms with E-state index in [2.05, 4.69) is 21.4 Å². The molecule has 3 aromatic rings. The Morgan fingerprint density at radius 2 is 1.97 bits per heavy atom. The Kier molecular flexibility index (Phi) is 6.40. The third-order valence-corrected chi connectivity index (χ3v) is 7.98. The first-order valence-corrected chi connectivity index (χ1v) is 12.4. The third-order valence-electron chi connectivity index (χ3n) is 5.15. The second-order valence-corrected chi connectivity index (χ2v) is 10.1. The monoisotopic (exact) mass is 444 g/mol. The summed E-state index contributed by atoms with van der Waals surface area (Å²) in [4.78, 5) is 19.8. The number of amides is 1. The van der Waals surface area contributed by atoms with Gasteiger partial charge in [0, 0.05) is 42.9 Å². The van der Waals surface area contributed by atoms with Gasteiger partial charge >= 0.3 is 0 Å². The fourth-order valence-electron chi connectivity index (χ4n) is 3.55. The van der Waals surface area contributed by atoms with E-state index in [-0.39, 0.29) is 16.6 Å². The first kappa shape index (κ1) is 20.9. The van der Waals surface area contributed by atoms with E-state index in [4.69, 9.17) is 0 Å². The van der Waals surface area contributed by atoms with Gasteiger partial charge in [-0.05, 0) is 43.0 Å². The summed E-state index contributed by atoms with van der Waals surface area (Å²) in [6.07, 6.45) is 5.91. The summed E-state index contributed by atoms with van der Waals surface area (Å²) in [6.45, 7) is 1.69. The van der Waals surface area contributed by atoms with Crippen molar-refractivity contribution in [1.29, 1.82) is 0 Å². The molecule has 0 bridgehead atoms. The molecule has 1 saturated heterocycles. The highest BCUT2D eigenvalue weighted by atomic mass is 32.2. The first-order chi connectivity index (χ1) is 14.5. The highest BCUT2D eigenvalue weighted by Crippen LogP contribution is 2.22. The van der Waals surface area contributed by atoms with Crippen LogP contribution in [-0.2, 0) is 21.2 Å². The fraction of sp³-hybridized carbons (Fsp3) is 0.333. The number of hydrogen-bond acceptors (Lipinski definition) is 5. The van der Waals surface area contributed by atoms with Gasteiger partial charge in [-0.15, -0.1) is 0 Å². The van der Waals surface area contributed by atoms with E-state index in [1.165, 1.54) is 33.2 Å². The van der Waals surface area contributed by atoms with Gasteiger partial charge in [0.05, 0.1) is 10.8 Å². The Morgan fingerprint density at radius 3 is 2.73 bits per heavy atom. The van der Waals surface area contributed by atoms with Gasteiger partial charge in [-0.1, -0.05) is 30.0 Å². The largest absolute Gasteiger partial charge is 0.361 e. The molecule has 0 spiro atoms. The van der Waals surface area contributed by atoms with Crippen molar-refractivity contribution in [2.24, 2.45) is 0 Å². The Labute approximate surface area is 180 Å². The van der Waals surface area contributed by atoms with Crippen molar-refractivity contribution < 1.29 is 13.2 Å². The van der Waals surface area contributed by atoms with Crippen molar-refractivity contribution in [2.45, 2.75) is 29.2 Å². The van der Waals surface area contributed by atoms with Gasteiger partial charge < -0.3 is 10.3 Å². The number of sulfonamides is 1. The SMILES string of the molecule is O=C(CSc1ccc(S(=O)(=O)N2CCCC2)cn1)NCCc1c[nH]c2ccccc12. The maximum Gasteiger partial charge on any atom is 0.244 e. The molecular formula is C21H24N4O3S2. The van der Waals surface area contributed by atoms with E-state index < -0.39 is 10.0 Å². The van der Waals surface area contributed by atoms with E-state index in [9.17, 15) is 13.2 Å². The van der Waals surface area contributed by atoms with Crippen LogP contribution in [0.1, 0.15) is 18.4 Å². The number of aromatic nitrogens is 2. The summed E-state index contributed by atoms with van der Waals surface area (Å²) in [5.74, 6) is 0.162. The zero-order valence-corrected chi connectivity index (χ0v) is 18.1. The number of para-hydroxylation sites is 1. The molecule has 0 saturated carbocycles. The van der Waals surface area contributed by atoms with Crippen LogP contribution in [0.4, 0.5) is 0 Å². The van der Waals surface area contributed by atoms with E-state index >= 15 is 0 Å². The molecule has 0 aliphatic carbocycles. The van der Waals surface area contributed by atoms with Crippen molar-refractivity contribution in [3.8, 4) is 0 Å². The lowest BCUT2D eigenvalue weighted by molar-refractivity contribution is -0.118. The highest BCUT2D eigenvalue weighted by molar-refractivity contribution is 7.99. The summed E-state index contributed by atoms with van der Waals surface area (Å²) in [5.41, 5.74) is 2.27. The number of rotatable bonds is 8. The molecule has 1 aromatic carbocycles. The Morgan fingerprint density at radius 1 is 1.17 bits per heavy atom. The van der Waals surface area contributed by atoms with Crippen LogP contribution in [0.3, 0.4) is 0 Å². The molecule has 2 aromatic heterocycles. The van der Waals surface area contributed by atoms with Crippen LogP contribution in [0, 0.1) is 0 Å². The van der Waals surface area contributed by atoms with E-state index in [0.29, 0.717) is 24.7 Å². The summed E-state index contributed by atoms with van der Waals surface area (Å²) < 4.78 is 26.5. The van der Waals surface area contributed by atoms with Gasteiger partial charge in [-0.25, -0.2) is 13.4 Å². The van der Waals surface area contributed by atoms with Crippen LogP contribution in [0.2, 0.25) is 0 Å². The average Bonchev–Trinajstić information content (AvgIpc) is 3.44. The lowest BCUT2D eigenvalue weighted by atomic mass is 10.1. The topological polar surface area (TPSA) is 95.2 Å². The number of H-pyrrole nitrogens is 1. The molecular weight excluding hydrogens is 420 g/mol. The smallest absolute Gasteiger partial charge is 0.244 e. The number of nitrogens with zero attached hydrogens (tertiary/aromatic N) is 2. The molecule has 3 heterocycles. The third kappa shape index (κ3) is 4.69. The molecule has 1 aliphatic rings. The molecule has 30 heavy (non-hydrogen) atoms. The molecule has 1 amide bonds. The number of carbonyl (C=O) groups is 1. The van der Waals surface area contributed by atoms with Gasteiger partial charge in [0.1, 0.15) is 4.90 Å². The lowest BCUT2D eigenvalue weighted by Crippen LogP contribution is -2.28. The molecule has 7 nitrogen and oxygen atoms in total. The van der Waals surface area contributed by atoms with E-state index in [1.54, 1.807) is 12.1 Å². The molecule has 158 valence electrons. The minimum absolute atomic E-state index is 0.0737. The quantitative estimate of drug-likeness (QED) is 0.521. The van der Waals surface area contributed by atoms with Crippen LogP contribution < -0.4 is 5.32 Å². The Bertz CT molecular complexity index is 1120. The molecule has 0 radical (unpaired) electrons. The molecule has 9 heteroatoms. The summed E-state index contributed by atoms with van der Waals surface area (Å²) in [7, 11) is -3.46. The normalized spacial score (nSPS) is 14.9. The molecule has 1 aliphatic heterocycles. The first-order valence-electron chi connectivity index (χ1n) is 9.95. The number of hydrogen-bond donors (Lipinski definition) is 2. The van der Waals surface area contributed by atoms with Crippen LogP contribution in [0.15, 0.2) is 58.7 Å². The van der Waals surface area contributed by atoms with Crippen molar-refractivity contribution >= 4 is 38.6 Å². The van der Waals surface area contributed by atoms with Gasteiger partial charge in [-0.2, -0.15) is 4.31 Å². The van der Waals surface area contributed by atoms with Crippen molar-refractivity contribution in [3.63, 3.8) is 0 Å². The number of benzene rings is 1. The molecule has 0 atom stereocenters. The number of nitrogens with one attached hydrogen (secondary N) is 2. The van der Waals surface area contributed by atoms with Gasteiger partial charge in [0.2, 0.25) is 15.9 Å². The number of thioether (sulfide) groups is 1. The van der Waals surface area contributed by atoms with Crippen LogP contribution in [-0.4, -0.2) is 54.0 Å². The summed E-state index contributed by atoms with van der Waals surface area (Å²) >= 11 is 1.29. The number of carbonyl (C=O) groups excluding carboxylic acids is 1. The summed E-state index contributed by atoms with van der Waals surface area (Å²) in [6, 6.07) is 11.3. The molecule has 2 N–H and O–H groups in total. The minimum Gasteiger partial charge on any atom is -0.361 e. The van der Waals surface area contributed by atoms with Gasteiger partial charge in [0.15, 0.2) is 0 Å². The van der Waals surface area contributed by atoms with Crippen molar-refractivity contribution in [2.75, 3.05) is 25.4 Å². The fourth-order valence-corrected chi connectivity index (χ4v) is 5.68. The second-order valence-electron chi connectivity index (χ2n) is 7.19. The second kappa shape index (κ2) is 9.20. The Hall–Kier alpha value is -2.36. The highest BCUT2D eigenvalue weighted by Gasteiger charge is 2.27. The number of aromatic amines is 1. The van der Waals surface area contributed by atoms with E-state index in [1.807, 2.05) is 24.4 Å². The maximum atomic E-state index is 12.5. The average molecular weight is 445 g/mol. The minimum atomic E-state index is -3.46.